The van der Waals surface area contributed by atoms with Gasteiger partial charge in [-0.1, -0.05) is 39.5 Å². The average Bonchev–Trinajstić information content (AvgIpc) is 2.57. The summed E-state index contributed by atoms with van der Waals surface area (Å²) in [4.78, 5) is 23.0. The lowest BCUT2D eigenvalue weighted by molar-refractivity contribution is -0.151. The molecule has 0 unspecified atom stereocenters. The number of rotatable bonds is 8. The Balaban J connectivity index is 2.57. The fourth-order valence-electron chi connectivity index (χ4n) is 2.04. The van der Waals surface area contributed by atoms with Crippen molar-refractivity contribution in [3.8, 4) is 0 Å². The highest BCUT2D eigenvalue weighted by atomic mass is 16.6. The zero-order valence-electron chi connectivity index (χ0n) is 10.9. The summed E-state index contributed by atoms with van der Waals surface area (Å²) in [5, 5.41) is 0. The Morgan fingerprint density at radius 1 is 0.765 bits per heavy atom. The molecule has 0 saturated heterocycles. The van der Waals surface area contributed by atoms with E-state index in [4.69, 9.17) is 0 Å². The van der Waals surface area contributed by atoms with E-state index in [1.54, 1.807) is 0 Å². The number of cyclic esters (lactones) is 2. The molecule has 1 rings (SSSR count). The summed E-state index contributed by atoms with van der Waals surface area (Å²) in [6, 6.07) is 0. The number of hydrogen-bond acceptors (Lipinski definition) is 3. The van der Waals surface area contributed by atoms with E-state index < -0.39 is 11.9 Å². The molecule has 0 bridgehead atoms. The first-order chi connectivity index (χ1) is 8.20. The number of ether oxygens (including phenoxy) is 1. The van der Waals surface area contributed by atoms with E-state index in [-0.39, 0.29) is 0 Å². The van der Waals surface area contributed by atoms with Crippen molar-refractivity contribution in [2.75, 3.05) is 0 Å². The van der Waals surface area contributed by atoms with Crippen LogP contribution in [0.25, 0.3) is 0 Å². The van der Waals surface area contributed by atoms with Gasteiger partial charge in [-0.2, -0.15) is 0 Å². The van der Waals surface area contributed by atoms with Gasteiger partial charge in [-0.25, -0.2) is 9.59 Å². The molecule has 0 atom stereocenters. The SMILES string of the molecule is CCCCCCC1=C(CCCC)C(=O)OC1=O. The molecule has 0 radical (unpaired) electrons. The van der Waals surface area contributed by atoms with Gasteiger partial charge in [0.2, 0.25) is 0 Å². The summed E-state index contributed by atoms with van der Waals surface area (Å²) in [6.07, 6.45) is 7.79. The second-order valence-corrected chi connectivity index (χ2v) is 4.55. The molecule has 3 heteroatoms. The van der Waals surface area contributed by atoms with E-state index in [2.05, 4.69) is 18.6 Å². The van der Waals surface area contributed by atoms with Crippen LogP contribution in [0.15, 0.2) is 11.1 Å². The van der Waals surface area contributed by atoms with Crippen molar-refractivity contribution in [1.29, 1.82) is 0 Å². The highest BCUT2D eigenvalue weighted by Gasteiger charge is 2.31. The van der Waals surface area contributed by atoms with Crippen LogP contribution in [0.4, 0.5) is 0 Å². The zero-order chi connectivity index (χ0) is 12.7. The van der Waals surface area contributed by atoms with Crippen molar-refractivity contribution in [3.63, 3.8) is 0 Å². The highest BCUT2D eigenvalue weighted by Crippen LogP contribution is 2.26. The van der Waals surface area contributed by atoms with Crippen molar-refractivity contribution < 1.29 is 14.3 Å². The van der Waals surface area contributed by atoms with Crippen molar-refractivity contribution in [2.45, 2.75) is 65.2 Å². The standard InChI is InChI=1S/C14H22O3/c1-3-5-7-8-10-12-11(9-6-4-2)13(15)17-14(12)16/h3-10H2,1-2H3. The maximum atomic E-state index is 11.5. The number of unbranched alkanes of at least 4 members (excludes halogenated alkanes) is 4. The molecule has 0 N–H and O–H groups in total. The molecule has 1 heterocycles. The molecule has 0 aromatic rings. The van der Waals surface area contributed by atoms with E-state index >= 15 is 0 Å². The lowest BCUT2D eigenvalue weighted by Crippen LogP contribution is -2.02. The third-order valence-electron chi connectivity index (χ3n) is 3.10. The lowest BCUT2D eigenvalue weighted by atomic mass is 9.99. The molecular formula is C14H22O3. The van der Waals surface area contributed by atoms with E-state index in [1.165, 1.54) is 12.8 Å². The Labute approximate surface area is 103 Å². The van der Waals surface area contributed by atoms with Crippen LogP contribution in [0.5, 0.6) is 0 Å². The Morgan fingerprint density at radius 3 is 1.82 bits per heavy atom. The minimum absolute atomic E-state index is 0.405. The summed E-state index contributed by atoms with van der Waals surface area (Å²) in [7, 11) is 0. The van der Waals surface area contributed by atoms with E-state index in [9.17, 15) is 9.59 Å². The summed E-state index contributed by atoms with van der Waals surface area (Å²) < 4.78 is 4.69. The number of hydrogen-bond donors (Lipinski definition) is 0. The minimum Gasteiger partial charge on any atom is -0.386 e. The normalized spacial score (nSPS) is 15.6. The number of carbonyl (C=O) groups excluding carboxylic acids is 2. The fraction of sp³-hybridized carbons (Fsp3) is 0.714. The van der Waals surface area contributed by atoms with Gasteiger partial charge in [0, 0.05) is 11.1 Å². The fourth-order valence-corrected chi connectivity index (χ4v) is 2.04. The summed E-state index contributed by atoms with van der Waals surface area (Å²) in [5.74, 6) is -0.813. The number of carbonyl (C=O) groups is 2. The summed E-state index contributed by atoms with van der Waals surface area (Å²) in [5.41, 5.74) is 1.27. The lowest BCUT2D eigenvalue weighted by Gasteiger charge is -2.01. The zero-order valence-corrected chi connectivity index (χ0v) is 10.9. The molecule has 3 nitrogen and oxygen atoms in total. The van der Waals surface area contributed by atoms with Gasteiger partial charge < -0.3 is 4.74 Å². The van der Waals surface area contributed by atoms with Gasteiger partial charge in [0.05, 0.1) is 0 Å². The minimum atomic E-state index is -0.408. The number of esters is 2. The molecule has 0 aliphatic carbocycles. The third kappa shape index (κ3) is 3.99. The van der Waals surface area contributed by atoms with Crippen LogP contribution in [0.2, 0.25) is 0 Å². The van der Waals surface area contributed by atoms with Gasteiger partial charge >= 0.3 is 11.9 Å². The van der Waals surface area contributed by atoms with E-state index in [0.29, 0.717) is 24.0 Å². The molecule has 17 heavy (non-hydrogen) atoms. The van der Waals surface area contributed by atoms with E-state index in [0.717, 1.165) is 25.7 Å². The first-order valence-corrected chi connectivity index (χ1v) is 6.69. The van der Waals surface area contributed by atoms with Gasteiger partial charge in [0.25, 0.3) is 0 Å². The van der Waals surface area contributed by atoms with Crippen LogP contribution in [0.1, 0.15) is 65.2 Å². The topological polar surface area (TPSA) is 43.4 Å². The second kappa shape index (κ2) is 7.25. The molecule has 0 spiro atoms. The molecule has 0 amide bonds. The Kier molecular flexibility index (Phi) is 5.95. The predicted molar refractivity (Wildman–Crippen MR) is 66.4 cm³/mol. The van der Waals surface area contributed by atoms with Gasteiger partial charge in [-0.05, 0) is 25.7 Å². The molecule has 0 aromatic heterocycles. The molecule has 1 aliphatic rings. The largest absolute Gasteiger partial charge is 0.386 e. The van der Waals surface area contributed by atoms with Crippen LogP contribution < -0.4 is 0 Å². The van der Waals surface area contributed by atoms with Crippen LogP contribution >= 0.6 is 0 Å². The van der Waals surface area contributed by atoms with Crippen molar-refractivity contribution >= 4 is 11.9 Å². The molecule has 0 fully saturated rings. The molecule has 0 aromatic carbocycles. The van der Waals surface area contributed by atoms with Crippen molar-refractivity contribution in [3.05, 3.63) is 11.1 Å². The third-order valence-corrected chi connectivity index (χ3v) is 3.10. The van der Waals surface area contributed by atoms with Crippen LogP contribution in [0.3, 0.4) is 0 Å². The van der Waals surface area contributed by atoms with Crippen LogP contribution in [0, 0.1) is 0 Å². The maximum Gasteiger partial charge on any atom is 0.342 e. The van der Waals surface area contributed by atoms with Crippen LogP contribution in [-0.4, -0.2) is 11.9 Å². The van der Waals surface area contributed by atoms with Crippen molar-refractivity contribution in [1.82, 2.24) is 0 Å². The molecule has 0 saturated carbocycles. The van der Waals surface area contributed by atoms with Crippen LogP contribution in [-0.2, 0) is 14.3 Å². The van der Waals surface area contributed by atoms with Gasteiger partial charge in [0.15, 0.2) is 0 Å². The second-order valence-electron chi connectivity index (χ2n) is 4.55. The van der Waals surface area contributed by atoms with E-state index in [1.807, 2.05) is 0 Å². The van der Waals surface area contributed by atoms with Gasteiger partial charge in [0.1, 0.15) is 0 Å². The smallest absolute Gasteiger partial charge is 0.342 e. The average molecular weight is 238 g/mol. The van der Waals surface area contributed by atoms with Gasteiger partial charge in [-0.15, -0.1) is 0 Å². The first kappa shape index (κ1) is 13.9. The summed E-state index contributed by atoms with van der Waals surface area (Å²) in [6.45, 7) is 4.23. The quantitative estimate of drug-likeness (QED) is 0.369. The van der Waals surface area contributed by atoms with Gasteiger partial charge in [-0.3, -0.25) is 0 Å². The highest BCUT2D eigenvalue weighted by molar-refractivity contribution is 6.12. The predicted octanol–water partition coefficient (Wildman–Crippen LogP) is 3.53. The Bertz CT molecular complexity index is 315. The maximum absolute atomic E-state index is 11.5. The Hall–Kier alpha value is -1.12. The van der Waals surface area contributed by atoms with Crippen molar-refractivity contribution in [2.24, 2.45) is 0 Å². The monoisotopic (exact) mass is 238 g/mol. The summed E-state index contributed by atoms with van der Waals surface area (Å²) >= 11 is 0. The first-order valence-electron chi connectivity index (χ1n) is 6.69. The Morgan fingerprint density at radius 2 is 1.29 bits per heavy atom. The molecule has 1 aliphatic heterocycles. The molecule has 96 valence electrons. The molecular weight excluding hydrogens is 216 g/mol.